The van der Waals surface area contributed by atoms with Crippen LogP contribution in [0, 0.1) is 5.92 Å². The zero-order valence-corrected chi connectivity index (χ0v) is 16.8. The molecule has 1 aliphatic carbocycles. The molecule has 1 aromatic carbocycles. The van der Waals surface area contributed by atoms with E-state index in [2.05, 4.69) is 20.7 Å². The standard InChI is InChI=1S/C20H23N5O2S/c1-25(2)24-19(26)17-11-15(8-10-21-17)27-14-5-6-16-18(12-14)28-20(23-16)22-9-7-13-3-4-13/h5-6,8,10-13H,3-4,7,9H2,1-2H3,(H,22,23)(H,24,26). The van der Waals surface area contributed by atoms with Gasteiger partial charge >= 0.3 is 0 Å². The summed E-state index contributed by atoms with van der Waals surface area (Å²) in [7, 11) is 3.50. The number of amides is 1. The Morgan fingerprint density at radius 1 is 1.25 bits per heavy atom. The second-order valence-electron chi connectivity index (χ2n) is 7.12. The Balaban J connectivity index is 1.44. The summed E-state index contributed by atoms with van der Waals surface area (Å²) in [5.41, 5.74) is 3.92. The quantitative estimate of drug-likeness (QED) is 0.561. The van der Waals surface area contributed by atoms with Gasteiger partial charge in [-0.1, -0.05) is 24.2 Å². The first-order valence-electron chi connectivity index (χ1n) is 9.33. The Morgan fingerprint density at radius 3 is 2.86 bits per heavy atom. The van der Waals surface area contributed by atoms with E-state index in [0.717, 1.165) is 27.8 Å². The molecule has 7 nitrogen and oxygen atoms in total. The molecule has 0 saturated heterocycles. The largest absolute Gasteiger partial charge is 0.457 e. The van der Waals surface area contributed by atoms with E-state index in [-0.39, 0.29) is 5.91 Å². The zero-order chi connectivity index (χ0) is 19.5. The topological polar surface area (TPSA) is 79.4 Å². The molecule has 0 radical (unpaired) electrons. The van der Waals surface area contributed by atoms with Gasteiger partial charge in [-0.05, 0) is 30.5 Å². The Kier molecular flexibility index (Phi) is 5.40. The molecular weight excluding hydrogens is 374 g/mol. The van der Waals surface area contributed by atoms with E-state index in [1.165, 1.54) is 19.3 Å². The fraction of sp³-hybridized carbons (Fsp3) is 0.350. The van der Waals surface area contributed by atoms with E-state index in [0.29, 0.717) is 17.2 Å². The van der Waals surface area contributed by atoms with Crippen LogP contribution in [0.25, 0.3) is 10.2 Å². The van der Waals surface area contributed by atoms with Gasteiger partial charge in [-0.3, -0.25) is 15.2 Å². The molecule has 0 bridgehead atoms. The second-order valence-corrected chi connectivity index (χ2v) is 8.15. The van der Waals surface area contributed by atoms with Gasteiger partial charge in [0.2, 0.25) is 0 Å². The molecular formula is C20H23N5O2S. The number of pyridine rings is 1. The monoisotopic (exact) mass is 397 g/mol. The number of aromatic nitrogens is 2. The minimum atomic E-state index is -0.282. The van der Waals surface area contributed by atoms with Crippen molar-refractivity contribution in [1.82, 2.24) is 20.4 Å². The number of rotatable bonds is 8. The molecule has 1 saturated carbocycles. The summed E-state index contributed by atoms with van der Waals surface area (Å²) in [6.45, 7) is 0.975. The Labute approximate surface area is 167 Å². The number of ether oxygens (including phenoxy) is 1. The number of fused-ring (bicyclic) bond motifs is 1. The van der Waals surface area contributed by atoms with Crippen molar-refractivity contribution in [2.45, 2.75) is 19.3 Å². The van der Waals surface area contributed by atoms with Crippen LogP contribution < -0.4 is 15.5 Å². The van der Waals surface area contributed by atoms with Gasteiger partial charge in [-0.15, -0.1) is 0 Å². The molecule has 1 fully saturated rings. The van der Waals surface area contributed by atoms with E-state index in [4.69, 9.17) is 4.74 Å². The summed E-state index contributed by atoms with van der Waals surface area (Å²) in [6.07, 6.45) is 5.52. The third kappa shape index (κ3) is 4.76. The number of nitrogens with zero attached hydrogens (tertiary/aromatic N) is 3. The molecule has 3 aromatic rings. The van der Waals surface area contributed by atoms with Gasteiger partial charge in [0.1, 0.15) is 17.2 Å². The van der Waals surface area contributed by atoms with E-state index < -0.39 is 0 Å². The smallest absolute Gasteiger partial charge is 0.284 e. The van der Waals surface area contributed by atoms with Crippen molar-refractivity contribution in [3.05, 3.63) is 42.2 Å². The van der Waals surface area contributed by atoms with Crippen molar-refractivity contribution in [3.8, 4) is 11.5 Å². The fourth-order valence-electron chi connectivity index (χ4n) is 2.83. The summed E-state index contributed by atoms with van der Waals surface area (Å²) in [5.74, 6) is 1.89. The number of thiazole rings is 1. The van der Waals surface area contributed by atoms with Gasteiger partial charge in [0.25, 0.3) is 5.91 Å². The van der Waals surface area contributed by atoms with Gasteiger partial charge in [0, 0.05) is 39.0 Å². The Morgan fingerprint density at radius 2 is 2.07 bits per heavy atom. The summed E-state index contributed by atoms with van der Waals surface area (Å²) in [6, 6.07) is 9.16. The van der Waals surface area contributed by atoms with Crippen molar-refractivity contribution < 1.29 is 9.53 Å². The molecule has 0 spiro atoms. The first-order valence-corrected chi connectivity index (χ1v) is 10.1. The van der Waals surface area contributed by atoms with Crippen LogP contribution in [-0.2, 0) is 0 Å². The Hall–Kier alpha value is -2.71. The lowest BCUT2D eigenvalue weighted by Gasteiger charge is -2.12. The molecule has 0 unspecified atom stereocenters. The molecule has 2 aromatic heterocycles. The maximum Gasteiger partial charge on any atom is 0.284 e. The van der Waals surface area contributed by atoms with Crippen LogP contribution in [0.1, 0.15) is 29.8 Å². The maximum atomic E-state index is 12.1. The van der Waals surface area contributed by atoms with Gasteiger partial charge in [0.05, 0.1) is 10.2 Å². The van der Waals surface area contributed by atoms with Crippen molar-refractivity contribution in [3.63, 3.8) is 0 Å². The summed E-state index contributed by atoms with van der Waals surface area (Å²) in [5, 5.41) is 5.94. The molecule has 2 N–H and O–H groups in total. The molecule has 0 atom stereocenters. The zero-order valence-electron chi connectivity index (χ0n) is 15.9. The van der Waals surface area contributed by atoms with Crippen LogP contribution in [0.15, 0.2) is 36.5 Å². The maximum absolute atomic E-state index is 12.1. The number of carbonyl (C=O) groups excluding carboxylic acids is 1. The minimum Gasteiger partial charge on any atom is -0.457 e. The Bertz CT molecular complexity index is 984. The van der Waals surface area contributed by atoms with Gasteiger partial charge in [-0.2, -0.15) is 0 Å². The molecule has 28 heavy (non-hydrogen) atoms. The second kappa shape index (κ2) is 8.12. The summed E-state index contributed by atoms with van der Waals surface area (Å²) < 4.78 is 7.00. The number of benzene rings is 1. The lowest BCUT2D eigenvalue weighted by Crippen LogP contribution is -2.36. The van der Waals surface area contributed by atoms with Crippen molar-refractivity contribution in [2.24, 2.45) is 5.92 Å². The first kappa shape index (κ1) is 18.6. The van der Waals surface area contributed by atoms with Crippen molar-refractivity contribution in [1.29, 1.82) is 0 Å². The van der Waals surface area contributed by atoms with E-state index in [1.54, 1.807) is 48.8 Å². The third-order valence-corrected chi connectivity index (χ3v) is 5.39. The van der Waals surface area contributed by atoms with E-state index >= 15 is 0 Å². The van der Waals surface area contributed by atoms with Crippen LogP contribution in [0.5, 0.6) is 11.5 Å². The van der Waals surface area contributed by atoms with Crippen molar-refractivity contribution >= 4 is 32.6 Å². The SMILES string of the molecule is CN(C)NC(=O)c1cc(Oc2ccc3nc(NCCC4CC4)sc3c2)ccn1. The number of hydrogen-bond donors (Lipinski definition) is 2. The van der Waals surface area contributed by atoms with E-state index in [1.807, 2.05) is 18.2 Å². The molecule has 4 rings (SSSR count). The minimum absolute atomic E-state index is 0.282. The number of hydrazine groups is 1. The average molecular weight is 398 g/mol. The predicted octanol–water partition coefficient (Wildman–Crippen LogP) is 3.90. The molecule has 1 aliphatic rings. The van der Waals surface area contributed by atoms with Crippen LogP contribution in [0.2, 0.25) is 0 Å². The molecule has 146 valence electrons. The highest BCUT2D eigenvalue weighted by molar-refractivity contribution is 7.22. The molecule has 1 amide bonds. The molecule has 8 heteroatoms. The van der Waals surface area contributed by atoms with Crippen LogP contribution in [0.3, 0.4) is 0 Å². The fourth-order valence-corrected chi connectivity index (χ4v) is 3.75. The summed E-state index contributed by atoms with van der Waals surface area (Å²) >= 11 is 1.62. The molecule has 2 heterocycles. The highest BCUT2D eigenvalue weighted by Gasteiger charge is 2.20. The van der Waals surface area contributed by atoms with Gasteiger partial charge in [0.15, 0.2) is 5.13 Å². The molecule has 0 aliphatic heterocycles. The lowest BCUT2D eigenvalue weighted by molar-refractivity contribution is 0.0851. The first-order chi connectivity index (χ1) is 13.6. The van der Waals surface area contributed by atoms with Gasteiger partial charge in [-0.25, -0.2) is 9.99 Å². The van der Waals surface area contributed by atoms with Crippen LogP contribution in [0.4, 0.5) is 5.13 Å². The number of anilines is 1. The lowest BCUT2D eigenvalue weighted by atomic mass is 10.3. The average Bonchev–Trinajstić information content (AvgIpc) is 3.39. The highest BCUT2D eigenvalue weighted by Crippen LogP contribution is 2.34. The van der Waals surface area contributed by atoms with Crippen LogP contribution in [-0.4, -0.2) is 41.5 Å². The normalized spacial score (nSPS) is 13.7. The predicted molar refractivity (Wildman–Crippen MR) is 111 cm³/mol. The number of hydrogen-bond acceptors (Lipinski definition) is 7. The highest BCUT2D eigenvalue weighted by atomic mass is 32.1. The van der Waals surface area contributed by atoms with Crippen LogP contribution >= 0.6 is 11.3 Å². The number of nitrogens with one attached hydrogen (secondary N) is 2. The number of carbonyl (C=O) groups is 1. The van der Waals surface area contributed by atoms with Gasteiger partial charge < -0.3 is 10.1 Å². The third-order valence-electron chi connectivity index (χ3n) is 4.41. The van der Waals surface area contributed by atoms with Crippen molar-refractivity contribution in [2.75, 3.05) is 26.0 Å². The summed E-state index contributed by atoms with van der Waals surface area (Å²) in [4.78, 5) is 20.8. The van der Waals surface area contributed by atoms with E-state index in [9.17, 15) is 4.79 Å².